The zero-order chi connectivity index (χ0) is 26.3. The van der Waals surface area contributed by atoms with E-state index in [1.54, 1.807) is 4.90 Å². The van der Waals surface area contributed by atoms with Gasteiger partial charge in [0.05, 0.1) is 48.7 Å². The average Bonchev–Trinajstić information content (AvgIpc) is 3.31. The van der Waals surface area contributed by atoms with Crippen molar-refractivity contribution in [3.63, 3.8) is 0 Å². The van der Waals surface area contributed by atoms with Crippen LogP contribution >= 0.6 is 11.6 Å². The van der Waals surface area contributed by atoms with Crippen molar-refractivity contribution < 1.29 is 14.3 Å². The Labute approximate surface area is 220 Å². The van der Waals surface area contributed by atoms with Crippen molar-refractivity contribution in [3.8, 4) is 6.07 Å². The fourth-order valence-corrected chi connectivity index (χ4v) is 5.32. The lowest BCUT2D eigenvalue weighted by Gasteiger charge is -2.42. The van der Waals surface area contributed by atoms with E-state index < -0.39 is 11.7 Å². The SMILES string of the molecule is Cc1ccc2[nH]ncc2c1C1Cc2nc(Cl)nc(N3CCN(C(=O)OC(C)(C)C)[C@@H](CC#N)C3)c2CO1. The van der Waals surface area contributed by atoms with Crippen LogP contribution in [0.3, 0.4) is 0 Å². The predicted octanol–water partition coefficient (Wildman–Crippen LogP) is 4.47. The first kappa shape index (κ1) is 25.2. The molecular formula is C26H30ClN7O3. The molecular weight excluding hydrogens is 494 g/mol. The van der Waals surface area contributed by atoms with Gasteiger partial charge >= 0.3 is 6.09 Å². The molecule has 1 amide bonds. The molecule has 2 atom stereocenters. The highest BCUT2D eigenvalue weighted by Crippen LogP contribution is 2.38. The number of hydrogen-bond acceptors (Lipinski definition) is 8. The molecule has 3 aromatic rings. The van der Waals surface area contributed by atoms with Gasteiger partial charge in [0.2, 0.25) is 5.28 Å². The number of carbonyl (C=O) groups is 1. The van der Waals surface area contributed by atoms with Crippen molar-refractivity contribution in [3.05, 3.63) is 46.0 Å². The Morgan fingerprint density at radius 3 is 2.89 bits per heavy atom. The zero-order valence-corrected chi connectivity index (χ0v) is 22.2. The summed E-state index contributed by atoms with van der Waals surface area (Å²) in [5, 5.41) is 17.9. The third-order valence-corrected chi connectivity index (χ3v) is 6.96. The van der Waals surface area contributed by atoms with Gasteiger partial charge in [0.25, 0.3) is 0 Å². The highest BCUT2D eigenvalue weighted by Gasteiger charge is 2.36. The van der Waals surface area contributed by atoms with Gasteiger partial charge in [0.1, 0.15) is 11.4 Å². The van der Waals surface area contributed by atoms with Gasteiger partial charge in [-0.25, -0.2) is 14.8 Å². The van der Waals surface area contributed by atoms with Crippen molar-refractivity contribution >= 4 is 34.4 Å². The summed E-state index contributed by atoms with van der Waals surface area (Å²) in [7, 11) is 0. The molecule has 0 radical (unpaired) electrons. The number of H-pyrrole nitrogens is 1. The quantitative estimate of drug-likeness (QED) is 0.499. The van der Waals surface area contributed by atoms with E-state index in [0.29, 0.717) is 38.5 Å². The lowest BCUT2D eigenvalue weighted by molar-refractivity contribution is 0.0141. The number of halogens is 1. The maximum atomic E-state index is 12.8. The zero-order valence-electron chi connectivity index (χ0n) is 21.4. The molecule has 1 fully saturated rings. The Balaban J connectivity index is 1.41. The summed E-state index contributed by atoms with van der Waals surface area (Å²) in [6.45, 7) is 9.25. The van der Waals surface area contributed by atoms with Crippen LogP contribution in [-0.2, 0) is 22.5 Å². The van der Waals surface area contributed by atoms with E-state index in [4.69, 9.17) is 21.1 Å². The number of rotatable bonds is 3. The van der Waals surface area contributed by atoms with Crippen LogP contribution in [0.25, 0.3) is 10.9 Å². The Morgan fingerprint density at radius 1 is 1.32 bits per heavy atom. The third kappa shape index (κ3) is 5.06. The highest BCUT2D eigenvalue weighted by atomic mass is 35.5. The molecule has 0 bridgehead atoms. The van der Waals surface area contributed by atoms with E-state index in [0.717, 1.165) is 33.3 Å². The van der Waals surface area contributed by atoms with Gasteiger partial charge in [0.15, 0.2) is 0 Å². The summed E-state index contributed by atoms with van der Waals surface area (Å²) in [5.41, 5.74) is 4.30. The Bertz CT molecular complexity index is 1380. The fourth-order valence-electron chi connectivity index (χ4n) is 5.13. The van der Waals surface area contributed by atoms with Crippen LogP contribution < -0.4 is 4.90 Å². The minimum absolute atomic E-state index is 0.166. The Morgan fingerprint density at radius 2 is 2.14 bits per heavy atom. The number of fused-ring (bicyclic) bond motifs is 2. The number of ether oxygens (including phenoxy) is 2. The predicted molar refractivity (Wildman–Crippen MR) is 138 cm³/mol. The van der Waals surface area contributed by atoms with E-state index >= 15 is 0 Å². The molecule has 4 heterocycles. The average molecular weight is 524 g/mol. The first-order valence-corrected chi connectivity index (χ1v) is 12.7. The van der Waals surface area contributed by atoms with Crippen LogP contribution in [0.15, 0.2) is 18.3 Å². The molecule has 1 saturated heterocycles. The summed E-state index contributed by atoms with van der Waals surface area (Å²) in [6.07, 6.45) is 1.96. The van der Waals surface area contributed by atoms with Crippen LogP contribution in [0.5, 0.6) is 0 Å². The highest BCUT2D eigenvalue weighted by molar-refractivity contribution is 6.28. The number of amides is 1. The standard InChI is InChI=1S/C26H30ClN7O3/c1-15-5-6-19-17(12-29-32-19)22(15)21-11-20-18(14-36-21)23(31-24(27)30-20)33-9-10-34(16(13-33)7-8-28)25(35)37-26(2,3)4/h5-6,12,16,21H,7,9-11,13-14H2,1-4H3,(H,29,32)/t16-,21?/m0/s1. The normalized spacial score (nSPS) is 20.0. The van der Waals surface area contributed by atoms with E-state index in [1.807, 2.05) is 33.0 Å². The molecule has 194 valence electrons. The van der Waals surface area contributed by atoms with Crippen LogP contribution in [0, 0.1) is 18.3 Å². The molecule has 2 aliphatic heterocycles. The number of nitriles is 1. The lowest BCUT2D eigenvalue weighted by atomic mass is 9.93. The van der Waals surface area contributed by atoms with Crippen molar-refractivity contribution in [2.75, 3.05) is 24.5 Å². The van der Waals surface area contributed by atoms with Crippen molar-refractivity contribution in [2.24, 2.45) is 0 Å². The molecule has 10 nitrogen and oxygen atoms in total. The maximum Gasteiger partial charge on any atom is 0.410 e. The summed E-state index contributed by atoms with van der Waals surface area (Å²) < 4.78 is 12.0. The van der Waals surface area contributed by atoms with Crippen LogP contribution in [0.2, 0.25) is 5.28 Å². The molecule has 37 heavy (non-hydrogen) atoms. The second kappa shape index (κ2) is 9.80. The number of piperazine rings is 1. The summed E-state index contributed by atoms with van der Waals surface area (Å²) in [6, 6.07) is 5.95. The Hall–Kier alpha value is -3.42. The molecule has 1 N–H and O–H groups in total. The smallest absolute Gasteiger partial charge is 0.410 e. The van der Waals surface area contributed by atoms with Crippen molar-refractivity contribution in [1.82, 2.24) is 25.1 Å². The van der Waals surface area contributed by atoms with E-state index in [1.165, 1.54) is 0 Å². The second-order valence-electron chi connectivity index (χ2n) is 10.5. The van der Waals surface area contributed by atoms with Gasteiger partial charge in [-0.2, -0.15) is 10.4 Å². The number of aryl methyl sites for hydroxylation is 1. The minimum atomic E-state index is -0.613. The molecule has 5 rings (SSSR count). The van der Waals surface area contributed by atoms with Crippen LogP contribution in [-0.4, -0.2) is 62.4 Å². The number of carbonyl (C=O) groups excluding carboxylic acids is 1. The number of aromatic nitrogens is 4. The van der Waals surface area contributed by atoms with Crippen molar-refractivity contribution in [2.45, 2.75) is 64.9 Å². The number of hydrogen-bond donors (Lipinski definition) is 1. The number of benzene rings is 1. The summed E-state index contributed by atoms with van der Waals surface area (Å²) in [5.74, 6) is 0.693. The monoisotopic (exact) mass is 523 g/mol. The molecule has 1 unspecified atom stereocenters. The summed E-state index contributed by atoms with van der Waals surface area (Å²) in [4.78, 5) is 25.6. The lowest BCUT2D eigenvalue weighted by Crippen LogP contribution is -2.56. The van der Waals surface area contributed by atoms with Gasteiger partial charge < -0.3 is 19.3 Å². The Kier molecular flexibility index (Phi) is 6.68. The topological polar surface area (TPSA) is 120 Å². The van der Waals surface area contributed by atoms with Gasteiger partial charge in [0, 0.05) is 37.0 Å². The second-order valence-corrected chi connectivity index (χ2v) is 10.8. The minimum Gasteiger partial charge on any atom is -0.444 e. The number of nitrogens with one attached hydrogen (secondary N) is 1. The maximum absolute atomic E-state index is 12.8. The summed E-state index contributed by atoms with van der Waals surface area (Å²) >= 11 is 6.41. The van der Waals surface area contributed by atoms with Gasteiger partial charge in [-0.3, -0.25) is 5.10 Å². The van der Waals surface area contributed by atoms with Crippen molar-refractivity contribution in [1.29, 1.82) is 5.26 Å². The molecule has 2 aliphatic rings. The van der Waals surface area contributed by atoms with Crippen LogP contribution in [0.4, 0.5) is 10.6 Å². The molecule has 0 aliphatic carbocycles. The van der Waals surface area contributed by atoms with Gasteiger partial charge in [-0.1, -0.05) is 6.07 Å². The molecule has 1 aromatic carbocycles. The van der Waals surface area contributed by atoms with E-state index in [9.17, 15) is 10.1 Å². The first-order valence-electron chi connectivity index (χ1n) is 12.4. The number of anilines is 1. The van der Waals surface area contributed by atoms with Gasteiger partial charge in [-0.15, -0.1) is 0 Å². The number of nitrogens with zero attached hydrogens (tertiary/aromatic N) is 6. The van der Waals surface area contributed by atoms with Crippen LogP contribution in [0.1, 0.15) is 55.7 Å². The molecule has 2 aromatic heterocycles. The molecule has 0 saturated carbocycles. The van der Waals surface area contributed by atoms with E-state index in [2.05, 4.69) is 44.1 Å². The third-order valence-electron chi connectivity index (χ3n) is 6.79. The number of aromatic amines is 1. The largest absolute Gasteiger partial charge is 0.444 e. The first-order chi connectivity index (χ1) is 17.6. The molecule has 11 heteroatoms. The van der Waals surface area contributed by atoms with Gasteiger partial charge in [-0.05, 0) is 56.5 Å². The molecule has 0 spiro atoms. The fraction of sp³-hybridized carbons (Fsp3) is 0.500. The van der Waals surface area contributed by atoms with E-state index in [-0.39, 0.29) is 23.9 Å².